The summed E-state index contributed by atoms with van der Waals surface area (Å²) in [6, 6.07) is 9.83. The van der Waals surface area contributed by atoms with Gasteiger partial charge in [0.15, 0.2) is 0 Å². The number of hydrogen-bond acceptors (Lipinski definition) is 6. The minimum absolute atomic E-state index is 0.336. The molecular weight excluding hydrogens is 228 g/mol. The van der Waals surface area contributed by atoms with E-state index in [9.17, 15) is 0 Å². The van der Waals surface area contributed by atoms with Gasteiger partial charge in [-0.05, 0) is 12.1 Å². The third kappa shape index (κ3) is 2.30. The van der Waals surface area contributed by atoms with E-state index in [0.717, 1.165) is 10.6 Å². The van der Waals surface area contributed by atoms with E-state index in [1.54, 1.807) is 5.01 Å². The Kier molecular flexibility index (Phi) is 3.22. The molecule has 15 heavy (non-hydrogen) atoms. The van der Waals surface area contributed by atoms with Crippen molar-refractivity contribution in [3.63, 3.8) is 0 Å². The van der Waals surface area contributed by atoms with Crippen LogP contribution in [0.5, 0.6) is 0 Å². The quantitative estimate of drug-likeness (QED) is 0.556. The summed E-state index contributed by atoms with van der Waals surface area (Å²) in [7, 11) is 0. The summed E-state index contributed by atoms with van der Waals surface area (Å²) in [5.74, 6) is 0. The Morgan fingerprint density at radius 1 is 1.27 bits per heavy atom. The molecule has 2 rings (SSSR count). The average Bonchev–Trinajstić information content (AvgIpc) is 2.26. The second kappa shape index (κ2) is 4.46. The van der Waals surface area contributed by atoms with Gasteiger partial charge in [0.05, 0.1) is 5.69 Å². The van der Waals surface area contributed by atoms with E-state index < -0.39 is 0 Å². The van der Waals surface area contributed by atoms with Crippen LogP contribution in [0, 0.1) is 0 Å². The Morgan fingerprint density at radius 2 is 1.93 bits per heavy atom. The van der Waals surface area contributed by atoms with Crippen LogP contribution < -0.4 is 16.3 Å². The third-order valence-corrected chi connectivity index (χ3v) is 2.79. The summed E-state index contributed by atoms with van der Waals surface area (Å²) in [6.45, 7) is 0. The fourth-order valence-electron chi connectivity index (χ4n) is 1.26. The van der Waals surface area contributed by atoms with Crippen molar-refractivity contribution in [2.45, 2.75) is 6.17 Å². The van der Waals surface area contributed by atoms with Gasteiger partial charge in [-0.1, -0.05) is 31.0 Å². The molecule has 0 fully saturated rings. The Morgan fingerprint density at radius 3 is 2.53 bits per heavy atom. The van der Waals surface area contributed by atoms with Crippen LogP contribution in [0.4, 0.5) is 5.69 Å². The molecule has 1 unspecified atom stereocenters. The fraction of sp³-hybridized carbons (Fsp3) is 0.111. The average molecular weight is 240 g/mol. The second-order valence-corrected chi connectivity index (χ2v) is 4.10. The maximum absolute atomic E-state index is 5.78. The Balaban J connectivity index is 2.26. The van der Waals surface area contributed by atoms with Crippen LogP contribution >= 0.6 is 25.4 Å². The molecule has 6 heteroatoms. The number of thiol groups is 2. The lowest BCUT2D eigenvalue weighted by atomic mass is 10.3. The predicted molar refractivity (Wildman–Crippen MR) is 67.9 cm³/mol. The number of nitrogens with two attached hydrogens (primary N) is 1. The van der Waals surface area contributed by atoms with Crippen LogP contribution in [0.25, 0.3) is 0 Å². The molecule has 1 atom stereocenters. The standard InChI is InChI=1S/C9H12N4S2/c10-9-8(14)6-12(11-13(9)15)7-4-2-1-3-5-7/h1-6,9,11,14-15H,10H2. The molecule has 0 radical (unpaired) electrons. The van der Waals surface area contributed by atoms with Crippen molar-refractivity contribution in [3.8, 4) is 0 Å². The lowest BCUT2D eigenvalue weighted by molar-refractivity contribution is 0.294. The smallest absolute Gasteiger partial charge is 0.117 e. The Hall–Kier alpha value is -0.660. The van der Waals surface area contributed by atoms with Gasteiger partial charge >= 0.3 is 0 Å². The van der Waals surface area contributed by atoms with Crippen molar-refractivity contribution in [2.24, 2.45) is 5.73 Å². The maximum atomic E-state index is 5.78. The normalized spacial score (nSPS) is 22.7. The van der Waals surface area contributed by atoms with Gasteiger partial charge in [0.2, 0.25) is 0 Å². The number of hydrogen-bond donors (Lipinski definition) is 4. The van der Waals surface area contributed by atoms with Gasteiger partial charge < -0.3 is 5.73 Å². The van der Waals surface area contributed by atoms with E-state index in [-0.39, 0.29) is 6.17 Å². The summed E-state index contributed by atoms with van der Waals surface area (Å²) in [5.41, 5.74) is 9.77. The van der Waals surface area contributed by atoms with E-state index in [0.29, 0.717) is 0 Å². The zero-order valence-electron chi connectivity index (χ0n) is 7.91. The molecule has 1 aromatic carbocycles. The molecule has 1 aromatic rings. The summed E-state index contributed by atoms with van der Waals surface area (Å²) in [5, 5.41) is 1.80. The van der Waals surface area contributed by atoms with E-state index in [1.807, 2.05) is 36.5 Å². The van der Waals surface area contributed by atoms with Crippen LogP contribution in [0.1, 0.15) is 0 Å². The van der Waals surface area contributed by atoms with Gasteiger partial charge in [0.1, 0.15) is 6.17 Å². The van der Waals surface area contributed by atoms with Crippen molar-refractivity contribution < 1.29 is 0 Å². The lowest BCUT2D eigenvalue weighted by Crippen LogP contribution is -2.54. The Labute approximate surface area is 99.6 Å². The number of benzene rings is 1. The number of hydrazine groups is 2. The van der Waals surface area contributed by atoms with E-state index in [1.165, 1.54) is 4.41 Å². The monoisotopic (exact) mass is 240 g/mol. The van der Waals surface area contributed by atoms with Crippen molar-refractivity contribution >= 4 is 31.1 Å². The molecule has 3 N–H and O–H groups in total. The second-order valence-electron chi connectivity index (χ2n) is 3.15. The summed E-state index contributed by atoms with van der Waals surface area (Å²) in [4.78, 5) is 0.743. The highest BCUT2D eigenvalue weighted by molar-refractivity contribution is 7.84. The van der Waals surface area contributed by atoms with Crippen LogP contribution in [-0.2, 0) is 0 Å². The topological polar surface area (TPSA) is 44.5 Å². The van der Waals surface area contributed by atoms with Crippen molar-refractivity contribution in [1.82, 2.24) is 9.95 Å². The molecular formula is C9H12N4S2. The highest BCUT2D eigenvalue weighted by Gasteiger charge is 2.21. The number of nitrogens with one attached hydrogen (secondary N) is 1. The Bertz CT molecular complexity index is 368. The van der Waals surface area contributed by atoms with Crippen molar-refractivity contribution in [1.29, 1.82) is 0 Å². The molecule has 1 aliphatic rings. The van der Waals surface area contributed by atoms with Gasteiger partial charge in [0.25, 0.3) is 0 Å². The van der Waals surface area contributed by atoms with Crippen LogP contribution in [0.15, 0.2) is 41.4 Å². The van der Waals surface area contributed by atoms with E-state index >= 15 is 0 Å². The first kappa shape index (κ1) is 10.8. The first-order valence-electron chi connectivity index (χ1n) is 4.43. The SMILES string of the molecule is NC1C(S)=CN(c2ccccc2)NN1S. The van der Waals surface area contributed by atoms with Gasteiger partial charge in [0, 0.05) is 11.1 Å². The van der Waals surface area contributed by atoms with Gasteiger partial charge in [-0.25, -0.2) is 0 Å². The van der Waals surface area contributed by atoms with Crippen LogP contribution in [-0.4, -0.2) is 10.6 Å². The molecule has 0 aromatic heterocycles. The van der Waals surface area contributed by atoms with Crippen LogP contribution in [0.3, 0.4) is 0 Å². The minimum atomic E-state index is -0.336. The number of para-hydroxylation sites is 1. The molecule has 1 aliphatic heterocycles. The summed E-state index contributed by atoms with van der Waals surface area (Å²) < 4.78 is 1.50. The highest BCUT2D eigenvalue weighted by atomic mass is 32.1. The van der Waals surface area contributed by atoms with E-state index in [4.69, 9.17) is 5.73 Å². The molecule has 4 nitrogen and oxygen atoms in total. The molecule has 1 heterocycles. The number of rotatable bonds is 1. The molecule has 0 saturated carbocycles. The lowest BCUT2D eigenvalue weighted by Gasteiger charge is -2.35. The molecule has 0 amide bonds. The number of anilines is 1. The van der Waals surface area contributed by atoms with Gasteiger partial charge in [-0.3, -0.25) is 5.01 Å². The largest absolute Gasteiger partial charge is 0.310 e. The number of nitrogens with zero attached hydrogens (tertiary/aromatic N) is 2. The van der Waals surface area contributed by atoms with Gasteiger partial charge in [-0.2, -0.15) is 9.95 Å². The van der Waals surface area contributed by atoms with Crippen LogP contribution in [0.2, 0.25) is 0 Å². The minimum Gasteiger partial charge on any atom is -0.310 e. The highest BCUT2D eigenvalue weighted by Crippen LogP contribution is 2.21. The molecule has 0 bridgehead atoms. The van der Waals surface area contributed by atoms with Crippen molar-refractivity contribution in [3.05, 3.63) is 41.4 Å². The molecule has 0 aliphatic carbocycles. The third-order valence-electron chi connectivity index (χ3n) is 2.07. The molecule has 0 saturated heterocycles. The first-order valence-corrected chi connectivity index (χ1v) is 5.28. The van der Waals surface area contributed by atoms with E-state index in [2.05, 4.69) is 31.0 Å². The first-order chi connectivity index (χ1) is 7.18. The molecule has 80 valence electrons. The predicted octanol–water partition coefficient (Wildman–Crippen LogP) is 1.13. The zero-order valence-corrected chi connectivity index (χ0v) is 9.70. The summed E-state index contributed by atoms with van der Waals surface area (Å²) >= 11 is 8.48. The zero-order chi connectivity index (χ0) is 10.8. The maximum Gasteiger partial charge on any atom is 0.117 e. The van der Waals surface area contributed by atoms with Gasteiger partial charge in [-0.15, -0.1) is 12.6 Å². The fourth-order valence-corrected chi connectivity index (χ4v) is 1.80. The molecule has 0 spiro atoms. The van der Waals surface area contributed by atoms with Crippen molar-refractivity contribution in [2.75, 3.05) is 5.01 Å². The summed E-state index contributed by atoms with van der Waals surface area (Å²) in [6.07, 6.45) is 1.49.